The van der Waals surface area contributed by atoms with Crippen LogP contribution in [-0.4, -0.2) is 22.5 Å². The molecular weight excluding hydrogens is 234 g/mol. The van der Waals surface area contributed by atoms with E-state index in [-0.39, 0.29) is 0 Å². The third kappa shape index (κ3) is 2.64. The monoisotopic (exact) mass is 255 g/mol. The van der Waals surface area contributed by atoms with Gasteiger partial charge in [0.05, 0.1) is 0 Å². The Morgan fingerprint density at radius 2 is 2.11 bits per heavy atom. The number of nitrogens with zero attached hydrogens (tertiary/aromatic N) is 3. The zero-order valence-electron chi connectivity index (χ0n) is 11.4. The van der Waals surface area contributed by atoms with E-state index in [0.29, 0.717) is 5.69 Å². The first-order valence-electron chi connectivity index (χ1n) is 7.46. The van der Waals surface area contributed by atoms with Crippen LogP contribution in [0.3, 0.4) is 0 Å². The Kier molecular flexibility index (Phi) is 3.79. The highest BCUT2D eigenvalue weighted by molar-refractivity contribution is 5.30. The summed E-state index contributed by atoms with van der Waals surface area (Å²) in [5, 5.41) is 9.15. The molecule has 1 aromatic heterocycles. The molecular formula is C16H21N3. The van der Waals surface area contributed by atoms with Gasteiger partial charge in [-0.1, -0.05) is 18.9 Å². The summed E-state index contributed by atoms with van der Waals surface area (Å²) in [7, 11) is 0. The molecule has 2 unspecified atom stereocenters. The van der Waals surface area contributed by atoms with Gasteiger partial charge in [0, 0.05) is 24.3 Å². The van der Waals surface area contributed by atoms with E-state index in [9.17, 15) is 0 Å². The molecule has 3 nitrogen and oxygen atoms in total. The molecule has 1 aromatic rings. The molecule has 0 amide bonds. The molecule has 3 heteroatoms. The predicted molar refractivity (Wildman–Crippen MR) is 74.3 cm³/mol. The van der Waals surface area contributed by atoms with Crippen LogP contribution in [0, 0.1) is 17.2 Å². The summed E-state index contributed by atoms with van der Waals surface area (Å²) in [5.74, 6) is 0.893. The number of likely N-dealkylation sites (tertiary alicyclic amines) is 1. The first-order valence-corrected chi connectivity index (χ1v) is 7.46. The average Bonchev–Trinajstić information content (AvgIpc) is 2.48. The van der Waals surface area contributed by atoms with Crippen molar-refractivity contribution in [3.8, 4) is 6.07 Å². The molecule has 2 aliphatic rings. The van der Waals surface area contributed by atoms with Crippen LogP contribution < -0.4 is 0 Å². The highest BCUT2D eigenvalue weighted by Crippen LogP contribution is 2.35. The minimum atomic E-state index is 0.598. The lowest BCUT2D eigenvalue weighted by Gasteiger charge is -2.44. The largest absolute Gasteiger partial charge is 0.296 e. The van der Waals surface area contributed by atoms with Gasteiger partial charge in [0.15, 0.2) is 0 Å². The van der Waals surface area contributed by atoms with Crippen LogP contribution >= 0.6 is 0 Å². The van der Waals surface area contributed by atoms with Gasteiger partial charge in [-0.2, -0.15) is 5.26 Å². The summed E-state index contributed by atoms with van der Waals surface area (Å²) >= 11 is 0. The predicted octanol–water partition coefficient (Wildman–Crippen LogP) is 3.11. The Bertz CT molecular complexity index is 475. The van der Waals surface area contributed by atoms with E-state index in [0.717, 1.165) is 24.1 Å². The number of hydrogen-bond acceptors (Lipinski definition) is 3. The lowest BCUT2D eigenvalue weighted by Crippen LogP contribution is -2.46. The molecule has 0 bridgehead atoms. The normalized spacial score (nSPS) is 27.5. The topological polar surface area (TPSA) is 39.9 Å². The van der Waals surface area contributed by atoms with Crippen molar-refractivity contribution >= 4 is 0 Å². The average molecular weight is 255 g/mol. The van der Waals surface area contributed by atoms with Gasteiger partial charge in [-0.05, 0) is 44.2 Å². The van der Waals surface area contributed by atoms with Crippen LogP contribution in [0.2, 0.25) is 0 Å². The Balaban J connectivity index is 1.76. The third-order valence-electron chi connectivity index (χ3n) is 4.73. The van der Waals surface area contributed by atoms with Crippen LogP contribution in [0.15, 0.2) is 18.3 Å². The zero-order valence-corrected chi connectivity index (χ0v) is 11.4. The van der Waals surface area contributed by atoms with Crippen molar-refractivity contribution < 1.29 is 0 Å². The number of rotatable bonds is 2. The van der Waals surface area contributed by atoms with Crippen molar-refractivity contribution in [2.45, 2.75) is 51.1 Å². The summed E-state index contributed by atoms with van der Waals surface area (Å²) in [6.45, 7) is 2.08. The van der Waals surface area contributed by atoms with E-state index in [2.05, 4.69) is 22.0 Å². The van der Waals surface area contributed by atoms with Gasteiger partial charge in [-0.3, -0.25) is 4.90 Å². The van der Waals surface area contributed by atoms with Crippen LogP contribution in [0.25, 0.3) is 0 Å². The molecule has 1 saturated carbocycles. The van der Waals surface area contributed by atoms with Gasteiger partial charge >= 0.3 is 0 Å². The molecule has 2 fully saturated rings. The number of pyridine rings is 1. The van der Waals surface area contributed by atoms with Gasteiger partial charge in [-0.15, -0.1) is 0 Å². The van der Waals surface area contributed by atoms with E-state index >= 15 is 0 Å². The quantitative estimate of drug-likeness (QED) is 0.815. The van der Waals surface area contributed by atoms with Crippen molar-refractivity contribution in [1.82, 2.24) is 9.88 Å². The van der Waals surface area contributed by atoms with Gasteiger partial charge in [0.1, 0.15) is 11.8 Å². The molecule has 100 valence electrons. The summed E-state index contributed by atoms with van der Waals surface area (Å²) in [6, 6.07) is 6.96. The number of piperidine rings is 1. The first-order chi connectivity index (χ1) is 9.38. The van der Waals surface area contributed by atoms with E-state index < -0.39 is 0 Å². The lowest BCUT2D eigenvalue weighted by molar-refractivity contribution is 0.0545. The second-order valence-corrected chi connectivity index (χ2v) is 5.85. The maximum Gasteiger partial charge on any atom is 0.144 e. The summed E-state index contributed by atoms with van der Waals surface area (Å²) in [5.41, 5.74) is 1.69. The fourth-order valence-corrected chi connectivity index (χ4v) is 3.81. The number of fused-ring (bicyclic) bond motifs is 1. The van der Waals surface area contributed by atoms with Crippen molar-refractivity contribution in [2.75, 3.05) is 6.54 Å². The molecule has 0 aromatic carbocycles. The van der Waals surface area contributed by atoms with Crippen molar-refractivity contribution in [2.24, 2.45) is 5.92 Å². The van der Waals surface area contributed by atoms with Crippen LogP contribution in [-0.2, 0) is 6.54 Å². The highest BCUT2D eigenvalue weighted by atomic mass is 15.2. The van der Waals surface area contributed by atoms with E-state index in [1.807, 2.05) is 6.07 Å². The highest BCUT2D eigenvalue weighted by Gasteiger charge is 2.33. The minimum Gasteiger partial charge on any atom is -0.296 e. The van der Waals surface area contributed by atoms with Gasteiger partial charge in [0.25, 0.3) is 0 Å². The summed E-state index contributed by atoms with van der Waals surface area (Å²) < 4.78 is 0. The summed E-state index contributed by atoms with van der Waals surface area (Å²) in [6.07, 6.45) is 9.94. The minimum absolute atomic E-state index is 0.598. The third-order valence-corrected chi connectivity index (χ3v) is 4.73. The molecule has 1 aliphatic carbocycles. The fourth-order valence-electron chi connectivity index (χ4n) is 3.81. The van der Waals surface area contributed by atoms with Crippen molar-refractivity contribution in [3.63, 3.8) is 0 Å². The Hall–Kier alpha value is -1.40. The molecule has 2 atom stereocenters. The van der Waals surface area contributed by atoms with Crippen LogP contribution in [0.1, 0.15) is 49.8 Å². The Morgan fingerprint density at radius 3 is 3.00 bits per heavy atom. The second kappa shape index (κ2) is 5.71. The molecule has 19 heavy (non-hydrogen) atoms. The standard InChI is InChI=1S/C16H21N3/c17-11-15-14(6-3-9-18-15)12-19-10-4-7-13-5-1-2-8-16(13)19/h3,6,9,13,16H,1-2,4-5,7-8,10,12H2. The van der Waals surface area contributed by atoms with E-state index in [1.165, 1.54) is 45.1 Å². The van der Waals surface area contributed by atoms with Crippen molar-refractivity contribution in [3.05, 3.63) is 29.6 Å². The molecule has 0 N–H and O–H groups in total. The Labute approximate surface area is 115 Å². The maximum atomic E-state index is 9.15. The molecule has 1 saturated heterocycles. The van der Waals surface area contributed by atoms with E-state index in [1.54, 1.807) is 6.20 Å². The maximum absolute atomic E-state index is 9.15. The zero-order chi connectivity index (χ0) is 13.1. The number of hydrogen-bond donors (Lipinski definition) is 0. The molecule has 0 radical (unpaired) electrons. The molecule has 3 rings (SSSR count). The van der Waals surface area contributed by atoms with Gasteiger partial charge < -0.3 is 0 Å². The summed E-state index contributed by atoms with van der Waals surface area (Å²) in [4.78, 5) is 6.78. The van der Waals surface area contributed by atoms with Crippen LogP contribution in [0.5, 0.6) is 0 Å². The second-order valence-electron chi connectivity index (χ2n) is 5.85. The molecule has 2 heterocycles. The Morgan fingerprint density at radius 1 is 1.26 bits per heavy atom. The van der Waals surface area contributed by atoms with Crippen LogP contribution in [0.4, 0.5) is 0 Å². The van der Waals surface area contributed by atoms with Gasteiger partial charge in [0.2, 0.25) is 0 Å². The van der Waals surface area contributed by atoms with Crippen molar-refractivity contribution in [1.29, 1.82) is 5.26 Å². The van der Waals surface area contributed by atoms with Gasteiger partial charge in [-0.25, -0.2) is 4.98 Å². The smallest absolute Gasteiger partial charge is 0.144 e. The first kappa shape index (κ1) is 12.6. The van der Waals surface area contributed by atoms with E-state index in [4.69, 9.17) is 5.26 Å². The lowest BCUT2D eigenvalue weighted by atomic mass is 9.78. The fraction of sp³-hybridized carbons (Fsp3) is 0.625. The number of aromatic nitrogens is 1. The molecule has 0 spiro atoms. The molecule has 1 aliphatic heterocycles. The SMILES string of the molecule is N#Cc1ncccc1CN1CCCC2CCCCC21. The number of nitriles is 1.